The highest BCUT2D eigenvalue weighted by atomic mass is 35.5. The second-order valence-electron chi connectivity index (χ2n) is 4.81. The molecule has 0 aliphatic rings. The lowest BCUT2D eigenvalue weighted by atomic mass is 9.93. The number of nitrogens with one attached hydrogen (secondary N) is 1. The van der Waals surface area contributed by atoms with E-state index in [0.717, 1.165) is 6.42 Å². The van der Waals surface area contributed by atoms with Crippen LogP contribution in [0.2, 0.25) is 5.02 Å². The summed E-state index contributed by atoms with van der Waals surface area (Å²) in [6.07, 6.45) is 2.08. The molecule has 0 bridgehead atoms. The molecule has 0 aliphatic heterocycles. The predicted octanol–water partition coefficient (Wildman–Crippen LogP) is 3.58. The molecule has 1 amide bonds. The molecule has 20 heavy (non-hydrogen) atoms. The molecule has 0 fully saturated rings. The summed E-state index contributed by atoms with van der Waals surface area (Å²) in [5.41, 5.74) is 5.83. The third-order valence-electron chi connectivity index (χ3n) is 3.37. The summed E-state index contributed by atoms with van der Waals surface area (Å²) in [5, 5.41) is 3.28. The van der Waals surface area contributed by atoms with E-state index in [9.17, 15) is 4.79 Å². The predicted molar refractivity (Wildman–Crippen MR) is 83.4 cm³/mol. The Labute approximate surface area is 125 Å². The molecule has 5 heteroatoms. The monoisotopic (exact) mass is 298 g/mol. The molecule has 0 saturated heterocycles. The summed E-state index contributed by atoms with van der Waals surface area (Å²) in [7, 11) is 0. The largest absolute Gasteiger partial charge is 0.492 e. The second kappa shape index (κ2) is 7.50. The van der Waals surface area contributed by atoms with Crippen LogP contribution in [0, 0.1) is 0 Å². The molecule has 1 rings (SSSR count). The van der Waals surface area contributed by atoms with Gasteiger partial charge in [0, 0.05) is 5.69 Å². The summed E-state index contributed by atoms with van der Waals surface area (Å²) in [6.45, 7) is 6.44. The van der Waals surface area contributed by atoms with Crippen LogP contribution in [0.1, 0.15) is 40.0 Å². The number of anilines is 1. The van der Waals surface area contributed by atoms with Crippen LogP contribution in [0.5, 0.6) is 5.75 Å². The quantitative estimate of drug-likeness (QED) is 0.808. The first-order chi connectivity index (χ1) is 9.46. The Hall–Kier alpha value is -1.26. The average Bonchev–Trinajstić information content (AvgIpc) is 2.45. The molecule has 0 spiro atoms. The van der Waals surface area contributed by atoms with Crippen LogP contribution in [0.4, 0.5) is 5.69 Å². The molecule has 0 aliphatic carbocycles. The molecule has 112 valence electrons. The highest BCUT2D eigenvalue weighted by molar-refractivity contribution is 6.32. The minimum Gasteiger partial charge on any atom is -0.492 e. The van der Waals surface area contributed by atoms with Crippen LogP contribution in [-0.2, 0) is 4.79 Å². The van der Waals surface area contributed by atoms with E-state index in [0.29, 0.717) is 35.9 Å². The van der Waals surface area contributed by atoms with Gasteiger partial charge in [0.2, 0.25) is 5.91 Å². The molecule has 0 saturated carbocycles. The summed E-state index contributed by atoms with van der Waals surface area (Å²) in [6, 6.07) is 5.19. The topological polar surface area (TPSA) is 64.3 Å². The number of nitrogens with two attached hydrogens (primary N) is 1. The number of ether oxygens (including phenoxy) is 1. The van der Waals surface area contributed by atoms with Gasteiger partial charge in [-0.1, -0.05) is 32.4 Å². The molecule has 3 N–H and O–H groups in total. The smallest absolute Gasteiger partial charge is 0.244 e. The lowest BCUT2D eigenvalue weighted by Gasteiger charge is -2.25. The fourth-order valence-electron chi connectivity index (χ4n) is 1.73. The number of benzene rings is 1. The van der Waals surface area contributed by atoms with Crippen molar-refractivity contribution in [1.29, 1.82) is 0 Å². The second-order valence-corrected chi connectivity index (χ2v) is 5.22. The lowest BCUT2D eigenvalue weighted by Crippen LogP contribution is -2.50. The van der Waals surface area contributed by atoms with Crippen molar-refractivity contribution in [2.75, 3.05) is 11.9 Å². The number of carbonyl (C=O) groups is 1. The Bertz CT molecular complexity index is 459. The fourth-order valence-corrected chi connectivity index (χ4v) is 1.97. The van der Waals surface area contributed by atoms with E-state index in [-0.39, 0.29) is 5.91 Å². The van der Waals surface area contributed by atoms with Gasteiger partial charge in [-0.25, -0.2) is 0 Å². The van der Waals surface area contributed by atoms with Crippen LogP contribution >= 0.6 is 11.6 Å². The number of carbonyl (C=O) groups excluding carboxylic acids is 1. The Morgan fingerprint density at radius 2 is 2.00 bits per heavy atom. The zero-order valence-electron chi connectivity index (χ0n) is 12.3. The van der Waals surface area contributed by atoms with Crippen LogP contribution < -0.4 is 15.8 Å². The van der Waals surface area contributed by atoms with Gasteiger partial charge in [0.05, 0.1) is 17.2 Å². The van der Waals surface area contributed by atoms with Gasteiger partial charge in [-0.3, -0.25) is 4.79 Å². The van der Waals surface area contributed by atoms with E-state index < -0.39 is 5.54 Å². The maximum atomic E-state index is 12.2. The van der Waals surface area contributed by atoms with Gasteiger partial charge in [0.25, 0.3) is 0 Å². The molecule has 0 aromatic heterocycles. The van der Waals surface area contributed by atoms with Crippen molar-refractivity contribution in [3.8, 4) is 5.75 Å². The molecule has 0 unspecified atom stereocenters. The van der Waals surface area contributed by atoms with Crippen molar-refractivity contribution in [2.45, 2.75) is 45.6 Å². The summed E-state index contributed by atoms with van der Waals surface area (Å²) < 4.78 is 5.49. The SMILES string of the molecule is CCCOc1ccc(NC(=O)C(N)(CC)CC)cc1Cl. The minimum atomic E-state index is -0.843. The van der Waals surface area contributed by atoms with Crippen molar-refractivity contribution in [3.63, 3.8) is 0 Å². The molecule has 1 aromatic rings. The zero-order chi connectivity index (χ0) is 15.2. The Morgan fingerprint density at radius 3 is 2.50 bits per heavy atom. The Kier molecular flexibility index (Phi) is 6.30. The average molecular weight is 299 g/mol. The van der Waals surface area contributed by atoms with E-state index >= 15 is 0 Å². The number of amides is 1. The van der Waals surface area contributed by atoms with Gasteiger partial charge in [-0.05, 0) is 37.5 Å². The van der Waals surface area contributed by atoms with Crippen LogP contribution in [0.25, 0.3) is 0 Å². The van der Waals surface area contributed by atoms with Crippen LogP contribution in [-0.4, -0.2) is 18.1 Å². The van der Waals surface area contributed by atoms with Crippen molar-refractivity contribution in [2.24, 2.45) is 5.73 Å². The number of rotatable bonds is 7. The maximum absolute atomic E-state index is 12.2. The highest BCUT2D eigenvalue weighted by Crippen LogP contribution is 2.28. The van der Waals surface area contributed by atoms with Crippen molar-refractivity contribution < 1.29 is 9.53 Å². The van der Waals surface area contributed by atoms with Gasteiger partial charge < -0.3 is 15.8 Å². The first-order valence-corrected chi connectivity index (χ1v) is 7.37. The number of halogens is 1. The van der Waals surface area contributed by atoms with E-state index in [4.69, 9.17) is 22.1 Å². The third kappa shape index (κ3) is 4.12. The Morgan fingerprint density at radius 1 is 1.35 bits per heavy atom. The van der Waals surface area contributed by atoms with Crippen LogP contribution in [0.3, 0.4) is 0 Å². The standard InChI is InChI=1S/C15H23ClN2O2/c1-4-9-20-13-8-7-11(10-12(13)16)18-14(19)15(17,5-2)6-3/h7-8,10H,4-6,9,17H2,1-3H3,(H,18,19). The molecule has 1 aromatic carbocycles. The molecule has 0 atom stereocenters. The highest BCUT2D eigenvalue weighted by Gasteiger charge is 2.29. The summed E-state index contributed by atoms with van der Waals surface area (Å²) in [5.74, 6) is 0.428. The molecule has 0 heterocycles. The molecule has 0 radical (unpaired) electrons. The zero-order valence-corrected chi connectivity index (χ0v) is 13.1. The molecule has 4 nitrogen and oxygen atoms in total. The summed E-state index contributed by atoms with van der Waals surface area (Å²) in [4.78, 5) is 12.2. The van der Waals surface area contributed by atoms with Gasteiger partial charge in [-0.15, -0.1) is 0 Å². The maximum Gasteiger partial charge on any atom is 0.244 e. The van der Waals surface area contributed by atoms with Gasteiger partial charge >= 0.3 is 0 Å². The Balaban J connectivity index is 2.79. The van der Waals surface area contributed by atoms with Gasteiger partial charge in [-0.2, -0.15) is 0 Å². The third-order valence-corrected chi connectivity index (χ3v) is 3.66. The van der Waals surface area contributed by atoms with E-state index in [1.54, 1.807) is 18.2 Å². The first kappa shape index (κ1) is 16.8. The first-order valence-electron chi connectivity index (χ1n) is 6.99. The number of hydrogen-bond acceptors (Lipinski definition) is 3. The van der Waals surface area contributed by atoms with E-state index in [2.05, 4.69) is 5.32 Å². The number of hydrogen-bond donors (Lipinski definition) is 2. The fraction of sp³-hybridized carbons (Fsp3) is 0.533. The summed E-state index contributed by atoms with van der Waals surface area (Å²) >= 11 is 6.12. The van der Waals surface area contributed by atoms with E-state index in [1.165, 1.54) is 0 Å². The van der Waals surface area contributed by atoms with Crippen molar-refractivity contribution in [1.82, 2.24) is 0 Å². The van der Waals surface area contributed by atoms with Gasteiger partial charge in [0.1, 0.15) is 5.75 Å². The van der Waals surface area contributed by atoms with Crippen LogP contribution in [0.15, 0.2) is 18.2 Å². The van der Waals surface area contributed by atoms with Crippen molar-refractivity contribution >= 4 is 23.2 Å². The molecular formula is C15H23ClN2O2. The van der Waals surface area contributed by atoms with Gasteiger partial charge in [0.15, 0.2) is 0 Å². The normalized spacial score (nSPS) is 11.2. The lowest BCUT2D eigenvalue weighted by molar-refractivity contribution is -0.121. The van der Waals surface area contributed by atoms with E-state index in [1.807, 2.05) is 20.8 Å². The molecular weight excluding hydrogens is 276 g/mol. The van der Waals surface area contributed by atoms with Crippen molar-refractivity contribution in [3.05, 3.63) is 23.2 Å². The minimum absolute atomic E-state index is 0.194.